The third-order valence-electron chi connectivity index (χ3n) is 7.02. The van der Waals surface area contributed by atoms with Crippen LogP contribution in [0.3, 0.4) is 0 Å². The molecule has 0 aliphatic carbocycles. The number of benzene rings is 2. The summed E-state index contributed by atoms with van der Waals surface area (Å²) in [6.07, 6.45) is 4.09. The summed E-state index contributed by atoms with van der Waals surface area (Å²) >= 11 is 0. The number of hydroxylamine groups is 2. The maximum atomic E-state index is 13.4. The van der Waals surface area contributed by atoms with E-state index in [4.69, 9.17) is 22.4 Å². The van der Waals surface area contributed by atoms with Crippen LogP contribution in [0.1, 0.15) is 29.8 Å². The molecule has 41 heavy (non-hydrogen) atoms. The normalized spacial score (nSPS) is 17.8. The number of carbonyl (C=O) groups excluding carboxylic acids is 2. The molecule has 5 rings (SSSR count). The second-order valence-electron chi connectivity index (χ2n) is 9.68. The Labute approximate surface area is 238 Å². The summed E-state index contributed by atoms with van der Waals surface area (Å²) in [7, 11) is 5.34. The Bertz CT molecular complexity index is 1470. The first-order valence-corrected chi connectivity index (χ1v) is 13.1. The van der Waals surface area contributed by atoms with Crippen molar-refractivity contribution in [2.24, 2.45) is 0 Å². The Kier molecular flexibility index (Phi) is 8.25. The lowest BCUT2D eigenvalue weighted by Crippen LogP contribution is -2.48. The Balaban J connectivity index is 1.39. The van der Waals surface area contributed by atoms with E-state index in [1.54, 1.807) is 12.2 Å². The Morgan fingerprint density at radius 3 is 2.39 bits per heavy atom. The van der Waals surface area contributed by atoms with Crippen molar-refractivity contribution in [3.05, 3.63) is 124 Å². The van der Waals surface area contributed by atoms with Crippen molar-refractivity contribution < 1.29 is 23.9 Å². The van der Waals surface area contributed by atoms with E-state index in [0.717, 1.165) is 16.7 Å². The molecule has 3 amide bonds. The van der Waals surface area contributed by atoms with Gasteiger partial charge in [0.2, 0.25) is 11.3 Å². The van der Waals surface area contributed by atoms with Crippen LogP contribution < -0.4 is 20.2 Å². The van der Waals surface area contributed by atoms with Crippen LogP contribution in [-0.4, -0.2) is 59.9 Å². The highest BCUT2D eigenvalue weighted by molar-refractivity contribution is 5.99. The minimum absolute atomic E-state index is 0.0687. The van der Waals surface area contributed by atoms with Crippen molar-refractivity contribution in [2.75, 3.05) is 13.2 Å². The number of amides is 3. The van der Waals surface area contributed by atoms with E-state index in [2.05, 4.69) is 11.9 Å². The van der Waals surface area contributed by atoms with Gasteiger partial charge in [0.05, 0.1) is 37.6 Å². The lowest BCUT2D eigenvalue weighted by atomic mass is 10.0. The molecule has 0 spiro atoms. The molecule has 3 aromatic rings. The van der Waals surface area contributed by atoms with Crippen LogP contribution in [0.25, 0.3) is 0 Å². The van der Waals surface area contributed by atoms with Crippen molar-refractivity contribution in [1.82, 2.24) is 20.0 Å². The van der Waals surface area contributed by atoms with Gasteiger partial charge < -0.3 is 19.7 Å². The molecule has 2 bridgehead atoms. The Hall–Kier alpha value is -4.77. The fourth-order valence-electron chi connectivity index (χ4n) is 4.93. The number of hydrogen-bond donors (Lipinski definition) is 1. The van der Waals surface area contributed by atoms with Crippen molar-refractivity contribution in [3.63, 3.8) is 0 Å². The average molecular weight is 552 g/mol. The lowest BCUT2D eigenvalue weighted by Gasteiger charge is -2.28. The van der Waals surface area contributed by atoms with Crippen LogP contribution in [0.15, 0.2) is 102 Å². The number of nitrogens with zero attached hydrogens (tertiary/aromatic N) is 3. The van der Waals surface area contributed by atoms with Gasteiger partial charge >= 0.3 is 14.1 Å². The van der Waals surface area contributed by atoms with Gasteiger partial charge in [-0.2, -0.15) is 9.79 Å². The zero-order valence-corrected chi connectivity index (χ0v) is 22.5. The summed E-state index contributed by atoms with van der Waals surface area (Å²) in [4.78, 5) is 52.4. The molecule has 1 saturated heterocycles. The van der Waals surface area contributed by atoms with Gasteiger partial charge in [0.1, 0.15) is 6.04 Å². The first-order valence-electron chi connectivity index (χ1n) is 13.1. The number of hydrogen-bond acceptors (Lipinski definition) is 6. The molecule has 208 valence electrons. The van der Waals surface area contributed by atoms with Crippen molar-refractivity contribution in [2.45, 2.75) is 31.7 Å². The molecule has 2 aliphatic rings. The maximum Gasteiger partial charge on any atom is 0.374 e. The second kappa shape index (κ2) is 12.2. The largest absolute Gasteiger partial charge is 0.564 e. The summed E-state index contributed by atoms with van der Waals surface area (Å²) < 4.78 is 6.15. The van der Waals surface area contributed by atoms with E-state index in [0.29, 0.717) is 12.2 Å². The second-order valence-corrected chi connectivity index (χ2v) is 9.68. The number of aromatic nitrogens is 1. The molecular formula is C30H29BN4O6. The third-order valence-corrected chi connectivity index (χ3v) is 7.02. The molecule has 11 heteroatoms. The Morgan fingerprint density at radius 2 is 1.78 bits per heavy atom. The third kappa shape index (κ3) is 5.76. The highest BCUT2D eigenvalue weighted by Crippen LogP contribution is 2.30. The summed E-state index contributed by atoms with van der Waals surface area (Å²) in [5, 5.41) is 4.13. The van der Waals surface area contributed by atoms with Gasteiger partial charge in [0, 0.05) is 6.07 Å². The number of fused-ring (bicyclic) bond motifs is 2. The van der Waals surface area contributed by atoms with Crippen LogP contribution in [0.2, 0.25) is 0 Å². The van der Waals surface area contributed by atoms with Gasteiger partial charge in [-0.3, -0.25) is 14.4 Å². The van der Waals surface area contributed by atoms with Crippen LogP contribution >= 0.6 is 0 Å². The maximum absolute atomic E-state index is 13.4. The average Bonchev–Trinajstić information content (AvgIpc) is 3.28. The summed E-state index contributed by atoms with van der Waals surface area (Å²) in [6.45, 7) is 5.90. The molecule has 1 fully saturated rings. The minimum Gasteiger partial charge on any atom is -0.564 e. The molecule has 2 aliphatic heterocycles. The number of pyridine rings is 1. The quantitative estimate of drug-likeness (QED) is 0.290. The smallest absolute Gasteiger partial charge is 0.374 e. The molecule has 1 unspecified atom stereocenters. The van der Waals surface area contributed by atoms with E-state index >= 15 is 0 Å². The van der Waals surface area contributed by atoms with E-state index in [-0.39, 0.29) is 24.9 Å². The zero-order chi connectivity index (χ0) is 28.9. The van der Waals surface area contributed by atoms with Crippen molar-refractivity contribution in [3.8, 4) is 5.75 Å². The van der Waals surface area contributed by atoms with Crippen LogP contribution in [0.4, 0.5) is 4.79 Å². The molecule has 2 radical (unpaired) electrons. The van der Waals surface area contributed by atoms with E-state index in [9.17, 15) is 14.4 Å². The monoisotopic (exact) mass is 552 g/mol. The molecule has 3 heterocycles. The fraction of sp³-hybridized carbons (Fsp3) is 0.233. The van der Waals surface area contributed by atoms with E-state index in [1.807, 2.05) is 67.6 Å². The summed E-state index contributed by atoms with van der Waals surface area (Å²) in [5.74, 6) is -0.540. The van der Waals surface area contributed by atoms with E-state index < -0.39 is 29.5 Å². The topological polar surface area (TPSA) is 102 Å². The highest BCUT2D eigenvalue weighted by atomic mass is 16.7. The molecule has 2 aromatic carbocycles. The molecule has 0 saturated carbocycles. The summed E-state index contributed by atoms with van der Waals surface area (Å²) in [6, 6.07) is 18.9. The van der Waals surface area contributed by atoms with Gasteiger partial charge in [-0.1, -0.05) is 72.8 Å². The predicted octanol–water partition coefficient (Wildman–Crippen LogP) is 2.70. The highest BCUT2D eigenvalue weighted by Gasteiger charge is 2.47. The van der Waals surface area contributed by atoms with Gasteiger partial charge in [-0.05, 0) is 23.6 Å². The van der Waals surface area contributed by atoms with E-state index in [1.165, 1.54) is 27.0 Å². The predicted molar refractivity (Wildman–Crippen MR) is 152 cm³/mol. The molecule has 2 atom stereocenters. The number of carbonyl (C=O) groups is 2. The SMILES string of the molecule is [B]Oc1cn(OC(c2ccccc2)c2ccccc2)c(CNC(=O)[C@@H]2C=C(C)C3CN2C(=O)N3OCC=C)cc1=O. The minimum atomic E-state index is -0.842. The molecule has 1 N–H and O–H groups in total. The van der Waals surface area contributed by atoms with Crippen LogP contribution in [0, 0.1) is 0 Å². The standard InChI is InChI=1S/C30H29BN4O6/c1-3-14-39-35-25-18-33(30(35)38)24(15-20(25)2)29(37)32-17-23-16-26(36)27(40-31)19-34(23)41-28(21-10-6-4-7-11-21)22-12-8-5-9-13-22/h3-13,15-16,19,24-25,28H,1,14,17-18H2,2H3,(H,32,37)/t24-,25?/m0/s1. The fourth-order valence-corrected chi connectivity index (χ4v) is 4.93. The van der Waals surface area contributed by atoms with Crippen molar-refractivity contribution in [1.29, 1.82) is 0 Å². The van der Waals surface area contributed by atoms with Crippen molar-refractivity contribution >= 4 is 20.0 Å². The summed E-state index contributed by atoms with van der Waals surface area (Å²) in [5.41, 5.74) is 2.45. The molecule has 1 aromatic heterocycles. The number of urea groups is 1. The van der Waals surface area contributed by atoms with Crippen LogP contribution in [-0.2, 0) is 16.2 Å². The van der Waals surface area contributed by atoms with Gasteiger partial charge in [-0.25, -0.2) is 4.79 Å². The van der Waals surface area contributed by atoms with Gasteiger partial charge in [-0.15, -0.1) is 6.58 Å². The van der Waals surface area contributed by atoms with Crippen LogP contribution in [0.5, 0.6) is 5.75 Å². The number of rotatable bonds is 11. The lowest BCUT2D eigenvalue weighted by molar-refractivity contribution is -0.124. The first-order chi connectivity index (χ1) is 19.9. The zero-order valence-electron chi connectivity index (χ0n) is 22.5. The molecule has 10 nitrogen and oxygen atoms in total. The van der Waals surface area contributed by atoms with Gasteiger partial charge in [0.25, 0.3) is 0 Å². The van der Waals surface area contributed by atoms with Gasteiger partial charge in [0.15, 0.2) is 11.9 Å². The Morgan fingerprint density at radius 1 is 1.12 bits per heavy atom. The molecular weight excluding hydrogens is 523 g/mol. The first kappa shape index (κ1) is 27.8. The number of nitrogens with one attached hydrogen (secondary N) is 1.